The lowest BCUT2D eigenvalue weighted by Crippen LogP contribution is -2.42. The Morgan fingerprint density at radius 1 is 0.714 bits per heavy atom. The highest BCUT2D eigenvalue weighted by atomic mass is 16.5. The summed E-state index contributed by atoms with van der Waals surface area (Å²) < 4.78 is 11.3. The second kappa shape index (κ2) is 12.8. The van der Waals surface area contributed by atoms with Crippen molar-refractivity contribution in [3.05, 3.63) is 89.5 Å². The molecule has 0 radical (unpaired) electrons. The largest absolute Gasteiger partial charge is 0.490 e. The van der Waals surface area contributed by atoms with Crippen LogP contribution in [0, 0.1) is 13.8 Å². The Balaban J connectivity index is 1.41. The van der Waals surface area contributed by atoms with E-state index in [9.17, 15) is 14.4 Å². The predicted molar refractivity (Wildman–Crippen MR) is 133 cm³/mol. The first kappa shape index (κ1) is 25.3. The third kappa shape index (κ3) is 8.19. The molecule has 3 amide bonds. The summed E-state index contributed by atoms with van der Waals surface area (Å²) in [5.41, 5.74) is 7.83. The normalized spacial score (nSPS) is 10.2. The minimum Gasteiger partial charge on any atom is -0.490 e. The van der Waals surface area contributed by atoms with Gasteiger partial charge in [-0.3, -0.25) is 25.2 Å². The smallest absolute Gasteiger partial charge is 0.273 e. The standard InChI is InChI=1S/C27H29N3O5/c1-19-12-13-21(18-20(19)2)28-25(31)14-15-26(32)29-30-27(33)23-10-6-7-11-24(23)35-17-16-34-22-8-4-3-5-9-22/h3-13,18H,14-17H2,1-2H3,(H,28,31)(H,29,32)(H,30,33). The molecule has 35 heavy (non-hydrogen) atoms. The Morgan fingerprint density at radius 3 is 2.17 bits per heavy atom. The van der Waals surface area contributed by atoms with Crippen molar-refractivity contribution >= 4 is 23.4 Å². The fraction of sp³-hybridized carbons (Fsp3) is 0.222. The van der Waals surface area contributed by atoms with Crippen LogP contribution in [0.2, 0.25) is 0 Å². The van der Waals surface area contributed by atoms with Gasteiger partial charge >= 0.3 is 0 Å². The van der Waals surface area contributed by atoms with Crippen LogP contribution >= 0.6 is 0 Å². The molecular formula is C27H29N3O5. The van der Waals surface area contributed by atoms with Gasteiger partial charge in [0.1, 0.15) is 24.7 Å². The van der Waals surface area contributed by atoms with Gasteiger partial charge in [-0.25, -0.2) is 0 Å². The quantitative estimate of drug-likeness (QED) is 0.304. The second-order valence-corrected chi connectivity index (χ2v) is 7.86. The fourth-order valence-electron chi connectivity index (χ4n) is 3.13. The molecule has 3 aromatic carbocycles. The van der Waals surface area contributed by atoms with Crippen molar-refractivity contribution in [3.8, 4) is 11.5 Å². The third-order valence-corrected chi connectivity index (χ3v) is 5.17. The van der Waals surface area contributed by atoms with Gasteiger partial charge in [0.05, 0.1) is 5.56 Å². The number of rotatable bonds is 10. The van der Waals surface area contributed by atoms with Crippen LogP contribution in [0.3, 0.4) is 0 Å². The topological polar surface area (TPSA) is 106 Å². The van der Waals surface area contributed by atoms with Gasteiger partial charge < -0.3 is 14.8 Å². The molecule has 8 heteroatoms. The summed E-state index contributed by atoms with van der Waals surface area (Å²) >= 11 is 0. The molecule has 0 bridgehead atoms. The molecule has 0 saturated carbocycles. The van der Waals surface area contributed by atoms with E-state index in [-0.39, 0.29) is 30.9 Å². The number of amides is 3. The van der Waals surface area contributed by atoms with Gasteiger partial charge in [0.25, 0.3) is 5.91 Å². The van der Waals surface area contributed by atoms with E-state index in [0.717, 1.165) is 16.9 Å². The molecule has 0 aliphatic carbocycles. The number of para-hydroxylation sites is 2. The highest BCUT2D eigenvalue weighted by molar-refractivity contribution is 5.98. The minimum absolute atomic E-state index is 0.0181. The zero-order valence-corrected chi connectivity index (χ0v) is 19.8. The molecule has 0 atom stereocenters. The van der Waals surface area contributed by atoms with E-state index in [4.69, 9.17) is 9.47 Å². The average molecular weight is 476 g/mol. The maximum atomic E-state index is 12.5. The van der Waals surface area contributed by atoms with Gasteiger partial charge in [-0.15, -0.1) is 0 Å². The van der Waals surface area contributed by atoms with Gasteiger partial charge in [-0.1, -0.05) is 36.4 Å². The van der Waals surface area contributed by atoms with E-state index < -0.39 is 11.8 Å². The molecular weight excluding hydrogens is 446 g/mol. The van der Waals surface area contributed by atoms with E-state index in [1.807, 2.05) is 62.4 Å². The highest BCUT2D eigenvalue weighted by Gasteiger charge is 2.14. The average Bonchev–Trinajstić information content (AvgIpc) is 2.87. The summed E-state index contributed by atoms with van der Waals surface area (Å²) in [6, 6.07) is 21.6. The van der Waals surface area contributed by atoms with Crippen LogP contribution in [0.4, 0.5) is 5.69 Å². The molecule has 0 aliphatic rings. The molecule has 0 spiro atoms. The summed E-state index contributed by atoms with van der Waals surface area (Å²) in [5, 5.41) is 2.77. The van der Waals surface area contributed by atoms with Gasteiger partial charge in [-0.2, -0.15) is 0 Å². The summed E-state index contributed by atoms with van der Waals surface area (Å²) in [6.45, 7) is 4.50. The Bertz CT molecular complexity index is 1160. The maximum Gasteiger partial charge on any atom is 0.273 e. The van der Waals surface area contributed by atoms with Crippen LogP contribution in [0.5, 0.6) is 11.5 Å². The van der Waals surface area contributed by atoms with E-state index >= 15 is 0 Å². The number of nitrogens with one attached hydrogen (secondary N) is 3. The SMILES string of the molecule is Cc1ccc(NC(=O)CCC(=O)NNC(=O)c2ccccc2OCCOc2ccccc2)cc1C. The van der Waals surface area contributed by atoms with Crippen molar-refractivity contribution in [1.82, 2.24) is 10.9 Å². The Morgan fingerprint density at radius 2 is 1.40 bits per heavy atom. The summed E-state index contributed by atoms with van der Waals surface area (Å²) in [6.07, 6.45) is -0.0956. The lowest BCUT2D eigenvalue weighted by molar-refractivity contribution is -0.124. The van der Waals surface area contributed by atoms with Crippen LogP contribution < -0.4 is 25.6 Å². The van der Waals surface area contributed by atoms with Crippen molar-refractivity contribution in [2.45, 2.75) is 26.7 Å². The number of ether oxygens (including phenoxy) is 2. The summed E-state index contributed by atoms with van der Waals surface area (Å²) in [4.78, 5) is 36.8. The Kier molecular flexibility index (Phi) is 9.24. The lowest BCUT2D eigenvalue weighted by Gasteiger charge is -2.13. The molecule has 0 unspecified atom stereocenters. The molecule has 0 aromatic heterocycles. The Labute approximate surface area is 204 Å². The van der Waals surface area contributed by atoms with E-state index in [1.54, 1.807) is 24.3 Å². The second-order valence-electron chi connectivity index (χ2n) is 7.86. The number of carbonyl (C=O) groups excluding carboxylic acids is 3. The van der Waals surface area contributed by atoms with Crippen molar-refractivity contribution in [1.29, 1.82) is 0 Å². The van der Waals surface area contributed by atoms with Crippen LogP contribution in [-0.4, -0.2) is 30.9 Å². The van der Waals surface area contributed by atoms with Crippen molar-refractivity contribution < 1.29 is 23.9 Å². The van der Waals surface area contributed by atoms with E-state index in [2.05, 4.69) is 16.2 Å². The maximum absolute atomic E-state index is 12.5. The molecule has 3 N–H and O–H groups in total. The molecule has 3 rings (SSSR count). The number of anilines is 1. The number of hydrazine groups is 1. The number of hydrogen-bond acceptors (Lipinski definition) is 5. The van der Waals surface area contributed by atoms with Crippen LogP contribution in [0.15, 0.2) is 72.8 Å². The van der Waals surface area contributed by atoms with Crippen LogP contribution in [0.25, 0.3) is 0 Å². The van der Waals surface area contributed by atoms with Crippen LogP contribution in [-0.2, 0) is 9.59 Å². The lowest BCUT2D eigenvalue weighted by atomic mass is 10.1. The number of hydrogen-bond donors (Lipinski definition) is 3. The highest BCUT2D eigenvalue weighted by Crippen LogP contribution is 2.18. The summed E-state index contributed by atoms with van der Waals surface area (Å²) in [5.74, 6) is -0.205. The van der Waals surface area contributed by atoms with Gasteiger partial charge in [0.2, 0.25) is 11.8 Å². The minimum atomic E-state index is -0.530. The first-order chi connectivity index (χ1) is 16.9. The van der Waals surface area contributed by atoms with Crippen molar-refractivity contribution in [2.24, 2.45) is 0 Å². The zero-order valence-electron chi connectivity index (χ0n) is 19.8. The first-order valence-corrected chi connectivity index (χ1v) is 11.3. The van der Waals surface area contributed by atoms with E-state index in [0.29, 0.717) is 18.0 Å². The zero-order chi connectivity index (χ0) is 25.0. The number of aryl methyl sites for hydroxylation is 2. The van der Waals surface area contributed by atoms with Gasteiger partial charge in [0, 0.05) is 18.5 Å². The molecule has 8 nitrogen and oxygen atoms in total. The first-order valence-electron chi connectivity index (χ1n) is 11.3. The summed E-state index contributed by atoms with van der Waals surface area (Å²) in [7, 11) is 0. The monoisotopic (exact) mass is 475 g/mol. The fourth-order valence-corrected chi connectivity index (χ4v) is 3.13. The molecule has 0 aliphatic heterocycles. The molecule has 0 fully saturated rings. The van der Waals surface area contributed by atoms with E-state index in [1.165, 1.54) is 0 Å². The van der Waals surface area contributed by atoms with Crippen LogP contribution in [0.1, 0.15) is 34.3 Å². The number of carbonyl (C=O) groups is 3. The third-order valence-electron chi connectivity index (χ3n) is 5.17. The molecule has 182 valence electrons. The van der Waals surface area contributed by atoms with Crippen molar-refractivity contribution in [3.63, 3.8) is 0 Å². The van der Waals surface area contributed by atoms with Gasteiger partial charge in [-0.05, 0) is 61.4 Å². The molecule has 0 saturated heterocycles. The predicted octanol–water partition coefficient (Wildman–Crippen LogP) is 3.94. The molecule has 3 aromatic rings. The van der Waals surface area contributed by atoms with Gasteiger partial charge in [0.15, 0.2) is 0 Å². The number of benzene rings is 3. The van der Waals surface area contributed by atoms with Crippen molar-refractivity contribution in [2.75, 3.05) is 18.5 Å². The Hall–Kier alpha value is -4.33. The molecule has 0 heterocycles.